The first-order chi connectivity index (χ1) is 41.3. The number of hydrogen-bond donors (Lipinski definition) is 0. The molecule has 2 fully saturated rings. The molecule has 6 aliphatic rings. The third-order valence-electron chi connectivity index (χ3n) is 29.1. The van der Waals surface area contributed by atoms with E-state index >= 15 is 0 Å². The van der Waals surface area contributed by atoms with Crippen molar-refractivity contribution in [3.05, 3.63) is 88.0 Å². The molecule has 2 saturated heterocycles. The van der Waals surface area contributed by atoms with Gasteiger partial charge in [-0.1, -0.05) is 42.5 Å². The van der Waals surface area contributed by atoms with E-state index in [-0.39, 0.29) is 16.9 Å². The quantitative estimate of drug-likeness (QED) is 0.163. The highest BCUT2D eigenvalue weighted by atomic mass is 15.3. The third-order valence-corrected chi connectivity index (χ3v) is 29.1. The van der Waals surface area contributed by atoms with E-state index < -0.39 is 0 Å². The fraction of sp³-hybridized carbons (Fsp3) is 0.125. The summed E-state index contributed by atoms with van der Waals surface area (Å²) >= 11 is 0. The van der Waals surface area contributed by atoms with Gasteiger partial charge >= 0.3 is 0 Å². The zero-order chi connectivity index (χ0) is 50.1. The molecular weight excluding hydrogens is 1000 g/mol. The Labute approximate surface area is 459 Å². The largest absolute Gasteiger partial charge is 0.369 e. The van der Waals surface area contributed by atoms with E-state index in [1.807, 2.05) is 0 Å². The van der Waals surface area contributed by atoms with E-state index in [1.165, 1.54) is 16.8 Å². The lowest BCUT2D eigenvalue weighted by molar-refractivity contribution is 0.250. The Bertz CT molecular complexity index is 7820. The van der Waals surface area contributed by atoms with Crippen molar-refractivity contribution >= 4 is 297 Å². The van der Waals surface area contributed by atoms with Gasteiger partial charge in [-0.05, 0) is 343 Å². The Morgan fingerprint density at radius 1 is 0.301 bits per heavy atom. The van der Waals surface area contributed by atoms with E-state index in [2.05, 4.69) is 76.3 Å². The molecule has 1 atom stereocenters. The summed E-state index contributed by atoms with van der Waals surface area (Å²) in [5, 5.41) is 90.6. The van der Waals surface area contributed by atoms with Crippen LogP contribution < -0.4 is 4.90 Å². The van der Waals surface area contributed by atoms with Crippen LogP contribution in [0, 0.1) is 0 Å². The summed E-state index contributed by atoms with van der Waals surface area (Å²) in [5.41, 5.74) is 10.8. The van der Waals surface area contributed by atoms with Crippen LogP contribution in [-0.2, 0) is 17.4 Å². The van der Waals surface area contributed by atoms with Gasteiger partial charge in [-0.2, -0.15) is 0 Å². The number of benzene rings is 20. The summed E-state index contributed by atoms with van der Waals surface area (Å²) < 4.78 is 0. The fourth-order valence-electron chi connectivity index (χ4n) is 28.4. The molecule has 0 radical (unpaired) electrons. The second-order valence-corrected chi connectivity index (χ2v) is 30.1. The number of anilines is 1. The van der Waals surface area contributed by atoms with E-state index in [1.54, 1.807) is 313 Å². The molecular formula is C80H25N3. The Morgan fingerprint density at radius 2 is 0.566 bits per heavy atom. The number of rotatable bonds is 4. The van der Waals surface area contributed by atoms with Gasteiger partial charge in [0.15, 0.2) is 0 Å². The van der Waals surface area contributed by atoms with Gasteiger partial charge in [0.1, 0.15) is 0 Å². The number of hydrogen-bond acceptors (Lipinski definition) is 3. The van der Waals surface area contributed by atoms with E-state index in [0.717, 1.165) is 39.3 Å². The van der Waals surface area contributed by atoms with Gasteiger partial charge in [-0.3, -0.25) is 9.80 Å². The van der Waals surface area contributed by atoms with Gasteiger partial charge in [0.05, 0.1) is 10.8 Å². The molecule has 0 N–H and O–H groups in total. The molecule has 30 aromatic rings. The van der Waals surface area contributed by atoms with Crippen molar-refractivity contribution in [1.82, 2.24) is 9.80 Å². The van der Waals surface area contributed by atoms with E-state index in [0.29, 0.717) is 0 Å². The summed E-state index contributed by atoms with van der Waals surface area (Å²) in [7, 11) is 2.61. The number of piperazine rings is 1. The molecule has 2 aliphatic heterocycles. The highest BCUT2D eigenvalue weighted by Crippen LogP contribution is 2.87. The number of likely N-dealkylation sites (N-methyl/N-ethyl adjacent to an activating group) is 1. The van der Waals surface area contributed by atoms with Gasteiger partial charge in [0, 0.05) is 51.0 Å². The molecule has 36 rings (SSSR count). The van der Waals surface area contributed by atoms with E-state index in [9.17, 15) is 0 Å². The summed E-state index contributed by atoms with van der Waals surface area (Å²) in [6.07, 6.45) is 0. The predicted molar refractivity (Wildman–Crippen MR) is 350 cm³/mol. The summed E-state index contributed by atoms with van der Waals surface area (Å²) in [4.78, 5) is 8.34. The Morgan fingerprint density at radius 3 is 0.855 bits per heavy atom. The van der Waals surface area contributed by atoms with Crippen LogP contribution in [0.3, 0.4) is 0 Å². The average molecular weight is 1030 g/mol. The first-order valence-electron chi connectivity index (χ1n) is 31.3. The molecule has 83 heavy (non-hydrogen) atoms. The maximum Gasteiger partial charge on any atom is 0.0575 e. The van der Waals surface area contributed by atoms with Crippen LogP contribution in [0.1, 0.15) is 39.4 Å². The lowest BCUT2D eigenvalue weighted by atomic mass is 9.47. The van der Waals surface area contributed by atoms with Gasteiger partial charge in [-0.25, -0.2) is 0 Å². The maximum absolute atomic E-state index is 2.99. The second kappa shape index (κ2) is 8.24. The van der Waals surface area contributed by atoms with Crippen molar-refractivity contribution in [1.29, 1.82) is 0 Å². The van der Waals surface area contributed by atoms with Crippen LogP contribution in [0.15, 0.2) is 54.6 Å². The monoisotopic (exact) mass is 1030 g/mol. The Kier molecular flexibility index (Phi) is 3.33. The molecule has 3 heteroatoms. The van der Waals surface area contributed by atoms with Crippen LogP contribution in [0.4, 0.5) is 5.69 Å². The van der Waals surface area contributed by atoms with Gasteiger partial charge < -0.3 is 4.90 Å². The normalized spacial score (nSPS) is 23.4. The van der Waals surface area contributed by atoms with Gasteiger partial charge in [0.2, 0.25) is 0 Å². The third kappa shape index (κ3) is 2.07. The molecule has 30 aromatic carbocycles. The predicted octanol–water partition coefficient (Wildman–Crippen LogP) is 19.3. The van der Waals surface area contributed by atoms with Gasteiger partial charge in [0.25, 0.3) is 0 Å². The minimum absolute atomic E-state index is 0.148. The van der Waals surface area contributed by atoms with Crippen LogP contribution in [-0.4, -0.2) is 49.6 Å². The topological polar surface area (TPSA) is 9.72 Å². The lowest BCUT2D eigenvalue weighted by Gasteiger charge is -2.52. The molecule has 2 heterocycles. The highest BCUT2D eigenvalue weighted by molar-refractivity contribution is 6.82. The Hall–Kier alpha value is -9.38. The molecule has 0 aromatic heterocycles. The minimum Gasteiger partial charge on any atom is -0.369 e. The van der Waals surface area contributed by atoms with Crippen molar-refractivity contribution < 1.29 is 0 Å². The van der Waals surface area contributed by atoms with Crippen molar-refractivity contribution in [2.75, 3.05) is 44.7 Å². The molecule has 0 amide bonds. The molecule has 3 nitrogen and oxygen atoms in total. The van der Waals surface area contributed by atoms with Crippen LogP contribution in [0.5, 0.6) is 0 Å². The molecule has 0 bridgehead atoms. The maximum atomic E-state index is 2.99. The summed E-state index contributed by atoms with van der Waals surface area (Å²) in [6, 6.07) is 21.7. The zero-order valence-electron chi connectivity index (χ0n) is 43.9. The summed E-state index contributed by atoms with van der Waals surface area (Å²) in [6.45, 7) is 6.39. The lowest BCUT2D eigenvalue weighted by Crippen LogP contribution is -2.51. The minimum atomic E-state index is -0.336. The first-order valence-corrected chi connectivity index (χ1v) is 31.3. The summed E-state index contributed by atoms with van der Waals surface area (Å²) in [5.74, 6) is 0. The smallest absolute Gasteiger partial charge is 0.0575 e. The molecule has 4 aliphatic carbocycles. The van der Waals surface area contributed by atoms with E-state index in [4.69, 9.17) is 0 Å². The first kappa shape index (κ1) is 33.5. The average Bonchev–Trinajstić information content (AvgIpc) is 1.39. The van der Waals surface area contributed by atoms with Crippen molar-refractivity contribution in [3.8, 4) is 0 Å². The van der Waals surface area contributed by atoms with Crippen LogP contribution in [0.2, 0.25) is 0 Å². The van der Waals surface area contributed by atoms with Crippen molar-refractivity contribution in [2.45, 2.75) is 23.4 Å². The van der Waals surface area contributed by atoms with Crippen LogP contribution >= 0.6 is 0 Å². The number of nitrogens with zero attached hydrogens (tertiary/aromatic N) is 3. The van der Waals surface area contributed by atoms with Gasteiger partial charge in [-0.15, -0.1) is 0 Å². The molecule has 1 unspecified atom stereocenters. The molecule has 2 spiro atoms. The molecule has 360 valence electrons. The van der Waals surface area contributed by atoms with Crippen molar-refractivity contribution in [3.63, 3.8) is 0 Å². The van der Waals surface area contributed by atoms with Crippen molar-refractivity contribution in [2.24, 2.45) is 0 Å². The SMILES string of the molecule is CN1CC23c4c5c6c7c8c9c(c%10c%11c2c2c4c4c%12c5c5c6c6c8c8c%13c9c9c%10c%10c%11c%11c2c2c4c4c%12c%12c5c5c6c8c6c8c%13c9c9c%10c%10c%11c2c2c4c4c%12c5c6c5c8c9c%10c2c45)C73C1c1ccc(N2CCN(Cc3ccccc3)CC2)cc1. The highest BCUT2D eigenvalue weighted by Gasteiger charge is 2.76. The second-order valence-electron chi connectivity index (χ2n) is 30.1. The number of likely N-dealkylation sites (tertiary alicyclic amines) is 1. The molecule has 0 saturated carbocycles. The Balaban J connectivity index is 0.870. The standard InChI is InChI=1S/C80H25N3/c1-81-16-79-74-66-58-48-38-30-22-20-21-24-28-26(22)34-42-36(28)46-40-32(24)33-25(21)29-27-23(20)31(30)39-45-35(27)43-37(29)47-41(33)51-50(40)62-56(46)64-54(42)60(52(58)44(34)38)68(74)70(64)76-72(62)73-63(51)57(47)65-55(43)61-53(45)59(49(39)48)67(66)75(79)69(61)71(65)77(73)80(76,79)78(81)18-7-9-19(10-8-18)83-13-11-82(12-14-83)15-17-5-3-2-4-6-17/h2-10,78H,11-16H2,1H3. The van der Waals surface area contributed by atoms with Crippen LogP contribution in [0.25, 0.3) is 291 Å². The zero-order valence-corrected chi connectivity index (χ0v) is 43.9. The fourth-order valence-corrected chi connectivity index (χ4v) is 28.4.